The van der Waals surface area contributed by atoms with E-state index in [2.05, 4.69) is 16.4 Å². The van der Waals surface area contributed by atoms with Gasteiger partial charge in [-0.1, -0.05) is 12.1 Å². The minimum atomic E-state index is -0.258. The summed E-state index contributed by atoms with van der Waals surface area (Å²) in [6.07, 6.45) is 3.56. The average Bonchev–Trinajstić information content (AvgIpc) is 2.53. The van der Waals surface area contributed by atoms with E-state index >= 15 is 0 Å². The number of anilines is 1. The second kappa shape index (κ2) is 6.01. The first kappa shape index (κ1) is 14.9. The van der Waals surface area contributed by atoms with Gasteiger partial charge in [-0.05, 0) is 31.0 Å². The molecule has 23 heavy (non-hydrogen) atoms. The van der Waals surface area contributed by atoms with Crippen molar-refractivity contribution in [3.63, 3.8) is 0 Å². The maximum absolute atomic E-state index is 9.53. The van der Waals surface area contributed by atoms with Gasteiger partial charge in [-0.2, -0.15) is 5.26 Å². The molecular formula is C18H18N4O. The summed E-state index contributed by atoms with van der Waals surface area (Å²) in [4.78, 5) is 4.25. The predicted molar refractivity (Wildman–Crippen MR) is 88.9 cm³/mol. The number of aromatic nitrogens is 1. The highest BCUT2D eigenvalue weighted by Gasteiger charge is 2.30. The number of ether oxygens (including phenoxy) is 1. The number of benzene rings is 1. The van der Waals surface area contributed by atoms with Crippen LogP contribution in [-0.4, -0.2) is 11.5 Å². The van der Waals surface area contributed by atoms with Gasteiger partial charge >= 0.3 is 0 Å². The number of aryl methyl sites for hydroxylation is 1. The first-order chi connectivity index (χ1) is 11.1. The fraction of sp³-hybridized carbons (Fsp3) is 0.222. The lowest BCUT2D eigenvalue weighted by molar-refractivity contribution is 0.394. The van der Waals surface area contributed by atoms with Crippen LogP contribution < -0.4 is 15.8 Å². The minimum absolute atomic E-state index is 0.153. The normalized spacial score (nSPS) is 16.3. The Balaban J connectivity index is 2.16. The van der Waals surface area contributed by atoms with Crippen molar-refractivity contribution in [1.29, 1.82) is 5.26 Å². The molecule has 0 radical (unpaired) electrons. The molecule has 2 heterocycles. The molecule has 0 saturated carbocycles. The molecule has 5 nitrogen and oxygen atoms in total. The molecule has 1 aromatic heterocycles. The second-order valence-corrected chi connectivity index (χ2v) is 5.50. The third-order valence-electron chi connectivity index (χ3n) is 3.83. The molecule has 1 aliphatic rings. The monoisotopic (exact) mass is 306 g/mol. The van der Waals surface area contributed by atoms with E-state index in [0.717, 1.165) is 28.9 Å². The highest BCUT2D eigenvalue weighted by molar-refractivity contribution is 5.60. The molecule has 5 heteroatoms. The molecule has 0 amide bonds. The van der Waals surface area contributed by atoms with Gasteiger partial charge in [0.1, 0.15) is 17.4 Å². The van der Waals surface area contributed by atoms with Crippen LogP contribution in [0.2, 0.25) is 0 Å². The average molecular weight is 306 g/mol. The zero-order chi connectivity index (χ0) is 16.4. The molecular weight excluding hydrogens is 288 g/mol. The quantitative estimate of drug-likeness (QED) is 0.910. The standard InChI is InChI=1S/C18H18N4O/c1-3-22-13-4-5-14-16(7-13)23-18(20)15(8-19)17(14)12-6-11(2)9-21-10-12/h4-7,9-10,17,22H,3,20H2,1-2H3. The van der Waals surface area contributed by atoms with Crippen molar-refractivity contribution < 1.29 is 4.74 Å². The summed E-state index contributed by atoms with van der Waals surface area (Å²) >= 11 is 0. The summed E-state index contributed by atoms with van der Waals surface area (Å²) in [5, 5.41) is 12.8. The zero-order valence-electron chi connectivity index (χ0n) is 13.1. The van der Waals surface area contributed by atoms with E-state index in [4.69, 9.17) is 10.5 Å². The third kappa shape index (κ3) is 2.71. The van der Waals surface area contributed by atoms with Crippen molar-refractivity contribution in [2.75, 3.05) is 11.9 Å². The Bertz CT molecular complexity index is 820. The molecule has 0 aliphatic carbocycles. The van der Waals surface area contributed by atoms with Crippen molar-refractivity contribution in [3.8, 4) is 11.8 Å². The molecule has 1 aromatic carbocycles. The Morgan fingerprint density at radius 1 is 1.35 bits per heavy atom. The largest absolute Gasteiger partial charge is 0.440 e. The van der Waals surface area contributed by atoms with Crippen LogP contribution >= 0.6 is 0 Å². The number of nitrogens with zero attached hydrogens (tertiary/aromatic N) is 2. The Morgan fingerprint density at radius 2 is 2.17 bits per heavy atom. The van der Waals surface area contributed by atoms with Crippen LogP contribution in [0.25, 0.3) is 0 Å². The van der Waals surface area contributed by atoms with E-state index < -0.39 is 0 Å². The molecule has 0 saturated heterocycles. The van der Waals surface area contributed by atoms with E-state index in [1.165, 1.54) is 0 Å². The van der Waals surface area contributed by atoms with Crippen LogP contribution in [0.1, 0.15) is 29.5 Å². The fourth-order valence-electron chi connectivity index (χ4n) is 2.85. The summed E-state index contributed by atoms with van der Waals surface area (Å²) in [7, 11) is 0. The van der Waals surface area contributed by atoms with Crippen LogP contribution in [0.15, 0.2) is 48.1 Å². The van der Waals surface area contributed by atoms with E-state index in [1.807, 2.05) is 38.1 Å². The molecule has 3 N–H and O–H groups in total. The van der Waals surface area contributed by atoms with Crippen LogP contribution in [0.4, 0.5) is 5.69 Å². The number of fused-ring (bicyclic) bond motifs is 1. The summed E-state index contributed by atoms with van der Waals surface area (Å²) in [6.45, 7) is 4.83. The van der Waals surface area contributed by atoms with Gasteiger partial charge in [0.15, 0.2) is 0 Å². The molecule has 0 fully saturated rings. The third-order valence-corrected chi connectivity index (χ3v) is 3.83. The number of rotatable bonds is 3. The van der Waals surface area contributed by atoms with Crippen molar-refractivity contribution in [2.45, 2.75) is 19.8 Å². The lowest BCUT2D eigenvalue weighted by Gasteiger charge is -2.26. The Kier molecular flexibility index (Phi) is 3.90. The molecule has 1 atom stereocenters. The summed E-state index contributed by atoms with van der Waals surface area (Å²) in [5.74, 6) is 0.568. The van der Waals surface area contributed by atoms with Crippen molar-refractivity contribution in [2.24, 2.45) is 5.73 Å². The van der Waals surface area contributed by atoms with Gasteiger partial charge in [-0.3, -0.25) is 4.98 Å². The van der Waals surface area contributed by atoms with Crippen molar-refractivity contribution in [1.82, 2.24) is 4.98 Å². The highest BCUT2D eigenvalue weighted by Crippen LogP contribution is 2.42. The molecule has 1 aliphatic heterocycles. The van der Waals surface area contributed by atoms with Gasteiger partial charge in [0.25, 0.3) is 0 Å². The molecule has 3 rings (SSSR count). The smallest absolute Gasteiger partial charge is 0.205 e. The number of nitrogens with two attached hydrogens (primary N) is 1. The SMILES string of the molecule is CCNc1ccc2c(c1)OC(N)=C(C#N)C2c1cncc(C)c1. The topological polar surface area (TPSA) is 84.0 Å². The summed E-state index contributed by atoms with van der Waals surface area (Å²) in [5.41, 5.74) is 10.3. The Morgan fingerprint density at radius 3 is 2.87 bits per heavy atom. The van der Waals surface area contributed by atoms with Gasteiger partial charge in [0.05, 0.1) is 5.92 Å². The van der Waals surface area contributed by atoms with Gasteiger partial charge < -0.3 is 15.8 Å². The predicted octanol–water partition coefficient (Wildman–Crippen LogP) is 3.04. The Hall–Kier alpha value is -3.00. The highest BCUT2D eigenvalue weighted by atomic mass is 16.5. The molecule has 0 spiro atoms. The molecule has 2 aromatic rings. The van der Waals surface area contributed by atoms with E-state index in [-0.39, 0.29) is 11.8 Å². The van der Waals surface area contributed by atoms with E-state index in [9.17, 15) is 5.26 Å². The molecule has 0 bridgehead atoms. The number of hydrogen-bond acceptors (Lipinski definition) is 5. The fourth-order valence-corrected chi connectivity index (χ4v) is 2.85. The zero-order valence-corrected chi connectivity index (χ0v) is 13.1. The van der Waals surface area contributed by atoms with Crippen LogP contribution in [0.5, 0.6) is 5.75 Å². The minimum Gasteiger partial charge on any atom is -0.440 e. The van der Waals surface area contributed by atoms with Gasteiger partial charge in [0, 0.05) is 36.3 Å². The maximum Gasteiger partial charge on any atom is 0.205 e. The number of nitrogens with one attached hydrogen (secondary N) is 1. The van der Waals surface area contributed by atoms with Gasteiger partial charge in [-0.15, -0.1) is 0 Å². The first-order valence-corrected chi connectivity index (χ1v) is 7.51. The van der Waals surface area contributed by atoms with E-state index in [1.54, 1.807) is 12.4 Å². The van der Waals surface area contributed by atoms with Crippen molar-refractivity contribution in [3.05, 3.63) is 64.8 Å². The summed E-state index contributed by atoms with van der Waals surface area (Å²) in [6, 6.07) is 10.1. The molecule has 116 valence electrons. The summed E-state index contributed by atoms with van der Waals surface area (Å²) < 4.78 is 5.68. The second-order valence-electron chi connectivity index (χ2n) is 5.50. The first-order valence-electron chi connectivity index (χ1n) is 7.51. The maximum atomic E-state index is 9.53. The van der Waals surface area contributed by atoms with Gasteiger partial charge in [0.2, 0.25) is 5.88 Å². The van der Waals surface area contributed by atoms with Crippen LogP contribution in [0, 0.1) is 18.3 Å². The number of nitriles is 1. The number of pyridine rings is 1. The lowest BCUT2D eigenvalue weighted by atomic mass is 9.84. The molecule has 1 unspecified atom stereocenters. The van der Waals surface area contributed by atoms with E-state index in [0.29, 0.717) is 11.3 Å². The number of hydrogen-bond donors (Lipinski definition) is 2. The lowest BCUT2D eigenvalue weighted by Crippen LogP contribution is -2.21. The van der Waals surface area contributed by atoms with Crippen LogP contribution in [0.3, 0.4) is 0 Å². The van der Waals surface area contributed by atoms with Gasteiger partial charge in [-0.25, -0.2) is 0 Å². The van der Waals surface area contributed by atoms with Crippen LogP contribution in [-0.2, 0) is 0 Å². The number of allylic oxidation sites excluding steroid dienone is 1. The van der Waals surface area contributed by atoms with Crippen molar-refractivity contribution >= 4 is 5.69 Å². The Labute approximate surface area is 135 Å².